The Labute approximate surface area is 87.4 Å². The van der Waals surface area contributed by atoms with E-state index in [-0.39, 0.29) is 19.0 Å². The lowest BCUT2D eigenvalue weighted by Crippen LogP contribution is -2.05. The van der Waals surface area contributed by atoms with Crippen LogP contribution in [0.4, 0.5) is 0 Å². The third kappa shape index (κ3) is 2.54. The molecule has 1 aromatic heterocycles. The molecule has 1 N–H and O–H groups in total. The number of rotatable bonds is 5. The van der Waals surface area contributed by atoms with E-state index in [0.717, 1.165) is 0 Å². The van der Waals surface area contributed by atoms with Crippen LogP contribution in [0.5, 0.6) is 0 Å². The minimum absolute atomic E-state index is 0.120. The van der Waals surface area contributed by atoms with Crippen molar-refractivity contribution in [1.82, 2.24) is 9.78 Å². The molecule has 0 atom stereocenters. The third-order valence-corrected chi connectivity index (χ3v) is 2.06. The van der Waals surface area contributed by atoms with Crippen molar-refractivity contribution < 1.29 is 19.4 Å². The Balaban J connectivity index is 2.86. The van der Waals surface area contributed by atoms with Crippen LogP contribution in [0.2, 0.25) is 0 Å². The average Bonchev–Trinajstić information content (AvgIpc) is 2.43. The number of methoxy groups -OCH3 is 1. The van der Waals surface area contributed by atoms with Crippen LogP contribution in [-0.2, 0) is 23.1 Å². The van der Waals surface area contributed by atoms with Crippen molar-refractivity contribution in [1.29, 1.82) is 0 Å². The van der Waals surface area contributed by atoms with Crippen LogP contribution >= 0.6 is 0 Å². The maximum atomic E-state index is 10.9. The Morgan fingerprint density at radius 2 is 2.27 bits per heavy atom. The first-order valence-electron chi connectivity index (χ1n) is 4.40. The fourth-order valence-corrected chi connectivity index (χ4v) is 1.28. The summed E-state index contributed by atoms with van der Waals surface area (Å²) in [6, 6.07) is 0. The second-order valence-electron chi connectivity index (χ2n) is 3.09. The lowest BCUT2D eigenvalue weighted by molar-refractivity contribution is -0.0404. The highest BCUT2D eigenvalue weighted by atomic mass is 16.7. The van der Waals surface area contributed by atoms with Gasteiger partial charge in [0.15, 0.2) is 0 Å². The maximum absolute atomic E-state index is 10.9. The molecular weight excluding hydrogens is 200 g/mol. The number of hydrogen-bond acceptors (Lipinski definition) is 4. The van der Waals surface area contributed by atoms with Gasteiger partial charge in [-0.15, -0.1) is 0 Å². The van der Waals surface area contributed by atoms with Gasteiger partial charge in [-0.05, 0) is 6.92 Å². The van der Waals surface area contributed by atoms with Gasteiger partial charge in [0.05, 0.1) is 6.61 Å². The summed E-state index contributed by atoms with van der Waals surface area (Å²) in [6.45, 7) is 1.96. The number of carbonyl (C=O) groups is 1. The molecule has 84 valence electrons. The van der Waals surface area contributed by atoms with E-state index in [1.807, 2.05) is 0 Å². The van der Waals surface area contributed by atoms with E-state index in [4.69, 9.17) is 14.6 Å². The summed E-state index contributed by atoms with van der Waals surface area (Å²) in [4.78, 5) is 10.9. The van der Waals surface area contributed by atoms with Crippen LogP contribution in [0.1, 0.15) is 21.7 Å². The highest BCUT2D eigenvalue weighted by Gasteiger charge is 2.18. The number of hydrogen-bond donors (Lipinski definition) is 1. The molecule has 0 aliphatic heterocycles. The van der Waals surface area contributed by atoms with Crippen molar-refractivity contribution in [2.75, 3.05) is 13.9 Å². The predicted molar refractivity (Wildman–Crippen MR) is 51.6 cm³/mol. The normalized spacial score (nSPS) is 10.6. The fraction of sp³-hybridized carbons (Fsp3) is 0.556. The Morgan fingerprint density at radius 3 is 2.80 bits per heavy atom. The van der Waals surface area contributed by atoms with Gasteiger partial charge in [0.25, 0.3) is 0 Å². The molecule has 0 amide bonds. The van der Waals surface area contributed by atoms with Crippen LogP contribution in [0.3, 0.4) is 0 Å². The van der Waals surface area contributed by atoms with Crippen molar-refractivity contribution in [3.8, 4) is 0 Å². The van der Waals surface area contributed by atoms with E-state index >= 15 is 0 Å². The van der Waals surface area contributed by atoms with E-state index in [1.54, 1.807) is 14.0 Å². The van der Waals surface area contributed by atoms with E-state index < -0.39 is 5.97 Å². The zero-order chi connectivity index (χ0) is 11.4. The van der Waals surface area contributed by atoms with E-state index in [1.165, 1.54) is 11.8 Å². The van der Waals surface area contributed by atoms with Gasteiger partial charge >= 0.3 is 5.97 Å². The standard InChI is InChI=1S/C9H14N2O4/c1-6-8(9(12)13)7(10-11(6)2)4-15-5-14-3/h4-5H2,1-3H3,(H,12,13). The van der Waals surface area contributed by atoms with Crippen LogP contribution in [0.15, 0.2) is 0 Å². The lowest BCUT2D eigenvalue weighted by atomic mass is 10.2. The minimum atomic E-state index is -0.989. The highest BCUT2D eigenvalue weighted by Crippen LogP contribution is 2.13. The number of nitrogens with zero attached hydrogens (tertiary/aromatic N) is 2. The molecule has 0 saturated heterocycles. The smallest absolute Gasteiger partial charge is 0.339 e. The van der Waals surface area contributed by atoms with E-state index in [9.17, 15) is 4.79 Å². The zero-order valence-corrected chi connectivity index (χ0v) is 8.98. The van der Waals surface area contributed by atoms with Gasteiger partial charge in [0, 0.05) is 19.9 Å². The summed E-state index contributed by atoms with van der Waals surface area (Å²) < 4.78 is 11.3. The molecule has 0 fully saturated rings. The lowest BCUT2D eigenvalue weighted by Gasteiger charge is -2.00. The van der Waals surface area contributed by atoms with E-state index in [2.05, 4.69) is 5.10 Å². The number of aromatic nitrogens is 2. The van der Waals surface area contributed by atoms with Crippen molar-refractivity contribution >= 4 is 5.97 Å². The molecule has 0 aliphatic rings. The van der Waals surface area contributed by atoms with Crippen LogP contribution in [0.25, 0.3) is 0 Å². The maximum Gasteiger partial charge on any atom is 0.339 e. The molecule has 0 bridgehead atoms. The van der Waals surface area contributed by atoms with Gasteiger partial charge in [-0.1, -0.05) is 0 Å². The molecule has 1 aromatic rings. The van der Waals surface area contributed by atoms with Gasteiger partial charge in [0.2, 0.25) is 0 Å². The summed E-state index contributed by atoms with van der Waals surface area (Å²) in [5.74, 6) is -0.989. The van der Waals surface area contributed by atoms with Gasteiger partial charge in [0.1, 0.15) is 18.1 Å². The van der Waals surface area contributed by atoms with Crippen molar-refractivity contribution in [2.24, 2.45) is 7.05 Å². The first-order chi connectivity index (χ1) is 7.07. The summed E-state index contributed by atoms with van der Waals surface area (Å²) in [5.41, 5.74) is 1.23. The largest absolute Gasteiger partial charge is 0.478 e. The number of carboxylic acids is 1. The Hall–Kier alpha value is -1.40. The van der Waals surface area contributed by atoms with Crippen molar-refractivity contribution in [3.05, 3.63) is 17.0 Å². The van der Waals surface area contributed by atoms with Crippen LogP contribution in [-0.4, -0.2) is 34.8 Å². The first kappa shape index (κ1) is 11.7. The molecule has 0 radical (unpaired) electrons. The number of ether oxygens (including phenoxy) is 2. The van der Waals surface area contributed by atoms with Crippen LogP contribution < -0.4 is 0 Å². The molecule has 6 nitrogen and oxygen atoms in total. The molecule has 0 unspecified atom stereocenters. The topological polar surface area (TPSA) is 73.6 Å². The molecular formula is C9H14N2O4. The number of aromatic carboxylic acids is 1. The Kier molecular flexibility index (Phi) is 3.81. The van der Waals surface area contributed by atoms with Gasteiger partial charge in [-0.3, -0.25) is 4.68 Å². The van der Waals surface area contributed by atoms with Crippen molar-refractivity contribution in [2.45, 2.75) is 13.5 Å². The quantitative estimate of drug-likeness (QED) is 0.572. The molecule has 6 heteroatoms. The van der Waals surface area contributed by atoms with Gasteiger partial charge in [-0.25, -0.2) is 4.79 Å². The fourth-order valence-electron chi connectivity index (χ4n) is 1.28. The predicted octanol–water partition coefficient (Wildman–Crippen LogP) is 0.547. The number of carboxylic acid groups (broad SMARTS) is 1. The highest BCUT2D eigenvalue weighted by molar-refractivity contribution is 5.90. The summed E-state index contributed by atoms with van der Waals surface area (Å²) in [5, 5.41) is 13.0. The molecule has 0 spiro atoms. The summed E-state index contributed by atoms with van der Waals surface area (Å²) in [6.07, 6.45) is 0. The molecule has 1 rings (SSSR count). The second-order valence-corrected chi connectivity index (χ2v) is 3.09. The molecule has 15 heavy (non-hydrogen) atoms. The van der Waals surface area contributed by atoms with Crippen molar-refractivity contribution in [3.63, 3.8) is 0 Å². The Morgan fingerprint density at radius 1 is 1.60 bits per heavy atom. The first-order valence-corrected chi connectivity index (χ1v) is 4.40. The number of aryl methyl sites for hydroxylation is 1. The average molecular weight is 214 g/mol. The summed E-state index contributed by atoms with van der Waals surface area (Å²) in [7, 11) is 3.20. The van der Waals surface area contributed by atoms with Gasteiger partial charge < -0.3 is 14.6 Å². The second kappa shape index (κ2) is 4.90. The molecule has 1 heterocycles. The molecule has 0 aromatic carbocycles. The van der Waals surface area contributed by atoms with E-state index in [0.29, 0.717) is 11.4 Å². The molecule has 0 saturated carbocycles. The molecule has 0 aliphatic carbocycles. The monoisotopic (exact) mass is 214 g/mol. The SMILES string of the molecule is COCOCc1nn(C)c(C)c1C(=O)O. The minimum Gasteiger partial charge on any atom is -0.478 e. The summed E-state index contributed by atoms with van der Waals surface area (Å²) >= 11 is 0. The van der Waals surface area contributed by atoms with Crippen LogP contribution in [0, 0.1) is 6.92 Å². The zero-order valence-electron chi connectivity index (χ0n) is 8.98. The van der Waals surface area contributed by atoms with Gasteiger partial charge in [-0.2, -0.15) is 5.10 Å². The Bertz CT molecular complexity index is 359. The third-order valence-electron chi connectivity index (χ3n) is 2.06.